The molecule has 0 saturated heterocycles. The maximum Gasteiger partial charge on any atom is 0.0406 e. The third-order valence-electron chi connectivity index (χ3n) is 2.20. The van der Waals surface area contributed by atoms with Crippen molar-refractivity contribution in [2.24, 2.45) is 11.7 Å². The summed E-state index contributed by atoms with van der Waals surface area (Å²) in [6.45, 7) is 4.91. The van der Waals surface area contributed by atoms with Gasteiger partial charge in [-0.1, -0.05) is 49.2 Å². The van der Waals surface area contributed by atoms with E-state index in [9.17, 15) is 0 Å². The third-order valence-corrected chi connectivity index (χ3v) is 2.45. The van der Waals surface area contributed by atoms with Gasteiger partial charge in [0.05, 0.1) is 0 Å². The molecule has 0 heterocycles. The van der Waals surface area contributed by atoms with E-state index in [0.717, 1.165) is 10.6 Å². The quantitative estimate of drug-likeness (QED) is 0.812. The molecule has 0 fully saturated rings. The highest BCUT2D eigenvalue weighted by Crippen LogP contribution is 2.15. The van der Waals surface area contributed by atoms with Gasteiger partial charge in [0, 0.05) is 11.6 Å². The minimum atomic E-state index is 0.496. The summed E-state index contributed by atoms with van der Waals surface area (Å²) in [5, 5.41) is 0.765. The van der Waals surface area contributed by atoms with Gasteiger partial charge < -0.3 is 5.73 Å². The number of benzene rings is 1. The SMILES string of the molecule is CC(C)/C(=C/c1ccc(Cl)cc1)CN. The van der Waals surface area contributed by atoms with Crippen LogP contribution in [0.5, 0.6) is 0 Å². The molecule has 0 aliphatic carbocycles. The fourth-order valence-electron chi connectivity index (χ4n) is 1.23. The zero-order valence-electron chi connectivity index (χ0n) is 8.63. The number of rotatable bonds is 3. The summed E-state index contributed by atoms with van der Waals surface area (Å²) in [5.74, 6) is 0.496. The van der Waals surface area contributed by atoms with Gasteiger partial charge in [-0.3, -0.25) is 0 Å². The summed E-state index contributed by atoms with van der Waals surface area (Å²) in [5.41, 5.74) is 8.07. The van der Waals surface area contributed by atoms with Crippen molar-refractivity contribution in [3.05, 3.63) is 40.4 Å². The highest BCUT2D eigenvalue weighted by Gasteiger charge is 2.00. The van der Waals surface area contributed by atoms with Crippen LogP contribution in [0.3, 0.4) is 0 Å². The first-order valence-corrected chi connectivity index (χ1v) is 5.17. The summed E-state index contributed by atoms with van der Waals surface area (Å²) in [7, 11) is 0. The van der Waals surface area contributed by atoms with Gasteiger partial charge in [-0.2, -0.15) is 0 Å². The molecule has 0 amide bonds. The van der Waals surface area contributed by atoms with Gasteiger partial charge >= 0.3 is 0 Å². The van der Waals surface area contributed by atoms with E-state index in [4.69, 9.17) is 17.3 Å². The molecular formula is C12H16ClN. The van der Waals surface area contributed by atoms with E-state index >= 15 is 0 Å². The molecule has 0 radical (unpaired) electrons. The Labute approximate surface area is 90.6 Å². The molecule has 1 aromatic rings. The topological polar surface area (TPSA) is 26.0 Å². The van der Waals surface area contributed by atoms with Crippen molar-refractivity contribution in [3.63, 3.8) is 0 Å². The Morgan fingerprint density at radius 2 is 1.93 bits per heavy atom. The van der Waals surface area contributed by atoms with E-state index in [1.165, 1.54) is 5.57 Å². The van der Waals surface area contributed by atoms with Gasteiger partial charge in [-0.25, -0.2) is 0 Å². The van der Waals surface area contributed by atoms with E-state index in [1.807, 2.05) is 24.3 Å². The summed E-state index contributed by atoms with van der Waals surface area (Å²) < 4.78 is 0. The summed E-state index contributed by atoms with van der Waals surface area (Å²) in [4.78, 5) is 0. The van der Waals surface area contributed by atoms with Gasteiger partial charge in [0.1, 0.15) is 0 Å². The Bertz CT molecular complexity index is 312. The van der Waals surface area contributed by atoms with Crippen LogP contribution in [-0.2, 0) is 0 Å². The minimum Gasteiger partial charge on any atom is -0.327 e. The molecule has 1 nitrogen and oxygen atoms in total. The van der Waals surface area contributed by atoms with Crippen LogP contribution in [-0.4, -0.2) is 6.54 Å². The molecule has 1 rings (SSSR count). The van der Waals surface area contributed by atoms with Crippen molar-refractivity contribution >= 4 is 17.7 Å². The average molecular weight is 210 g/mol. The van der Waals surface area contributed by atoms with Crippen LogP contribution >= 0.6 is 11.6 Å². The zero-order chi connectivity index (χ0) is 10.6. The van der Waals surface area contributed by atoms with Crippen LogP contribution in [0.2, 0.25) is 5.02 Å². The van der Waals surface area contributed by atoms with Crippen LogP contribution in [0.4, 0.5) is 0 Å². The lowest BCUT2D eigenvalue weighted by molar-refractivity contribution is 0.753. The van der Waals surface area contributed by atoms with E-state index < -0.39 is 0 Å². The second kappa shape index (κ2) is 5.18. The van der Waals surface area contributed by atoms with Gasteiger partial charge in [-0.15, -0.1) is 0 Å². The lowest BCUT2D eigenvalue weighted by Crippen LogP contribution is -2.08. The normalized spacial score (nSPS) is 12.2. The zero-order valence-corrected chi connectivity index (χ0v) is 9.38. The first-order valence-electron chi connectivity index (χ1n) is 4.79. The second-order valence-electron chi connectivity index (χ2n) is 3.63. The van der Waals surface area contributed by atoms with Crippen LogP contribution in [0.25, 0.3) is 6.08 Å². The molecule has 0 aliphatic rings. The predicted molar refractivity (Wildman–Crippen MR) is 63.3 cm³/mol. The molecule has 0 aromatic heterocycles. The molecule has 0 aliphatic heterocycles. The van der Waals surface area contributed by atoms with Gasteiger partial charge in [0.2, 0.25) is 0 Å². The van der Waals surface area contributed by atoms with E-state index in [0.29, 0.717) is 12.5 Å². The average Bonchev–Trinajstić information content (AvgIpc) is 2.16. The minimum absolute atomic E-state index is 0.496. The van der Waals surface area contributed by atoms with E-state index in [2.05, 4.69) is 19.9 Å². The summed E-state index contributed by atoms with van der Waals surface area (Å²) in [6.07, 6.45) is 2.13. The number of halogens is 1. The molecule has 0 bridgehead atoms. The highest BCUT2D eigenvalue weighted by molar-refractivity contribution is 6.30. The lowest BCUT2D eigenvalue weighted by atomic mass is 10.0. The Kier molecular flexibility index (Phi) is 4.18. The van der Waals surface area contributed by atoms with Crippen molar-refractivity contribution in [2.45, 2.75) is 13.8 Å². The monoisotopic (exact) mass is 209 g/mol. The largest absolute Gasteiger partial charge is 0.327 e. The highest BCUT2D eigenvalue weighted by atomic mass is 35.5. The van der Waals surface area contributed by atoms with Crippen LogP contribution in [0, 0.1) is 5.92 Å². The summed E-state index contributed by atoms with van der Waals surface area (Å²) >= 11 is 5.80. The molecule has 0 spiro atoms. The van der Waals surface area contributed by atoms with Gasteiger partial charge in [0.15, 0.2) is 0 Å². The molecular weight excluding hydrogens is 194 g/mol. The molecule has 2 heteroatoms. The van der Waals surface area contributed by atoms with E-state index in [-0.39, 0.29) is 0 Å². The van der Waals surface area contributed by atoms with Crippen molar-refractivity contribution in [1.29, 1.82) is 0 Å². The van der Waals surface area contributed by atoms with Crippen molar-refractivity contribution < 1.29 is 0 Å². The smallest absolute Gasteiger partial charge is 0.0406 e. The fourth-order valence-corrected chi connectivity index (χ4v) is 1.36. The number of hydrogen-bond acceptors (Lipinski definition) is 1. The van der Waals surface area contributed by atoms with E-state index in [1.54, 1.807) is 0 Å². The summed E-state index contributed by atoms with van der Waals surface area (Å²) in [6, 6.07) is 7.78. The number of nitrogens with two attached hydrogens (primary N) is 1. The predicted octanol–water partition coefficient (Wildman–Crippen LogP) is 3.34. The standard InChI is InChI=1S/C12H16ClN/c1-9(2)11(8-14)7-10-3-5-12(13)6-4-10/h3-7,9H,8,14H2,1-2H3/b11-7+. The maximum absolute atomic E-state index is 5.80. The molecule has 14 heavy (non-hydrogen) atoms. The molecule has 0 atom stereocenters. The lowest BCUT2D eigenvalue weighted by Gasteiger charge is -2.08. The first kappa shape index (κ1) is 11.3. The fraction of sp³-hybridized carbons (Fsp3) is 0.333. The maximum atomic E-state index is 5.80. The molecule has 1 aromatic carbocycles. The Morgan fingerprint density at radius 1 is 1.36 bits per heavy atom. The van der Waals surface area contributed by atoms with Crippen LogP contribution in [0.15, 0.2) is 29.8 Å². The number of hydrogen-bond donors (Lipinski definition) is 1. The molecule has 76 valence electrons. The molecule has 0 unspecified atom stereocenters. The van der Waals surface area contributed by atoms with Crippen molar-refractivity contribution in [3.8, 4) is 0 Å². The Balaban J connectivity index is 2.89. The van der Waals surface area contributed by atoms with Gasteiger partial charge in [0.25, 0.3) is 0 Å². The van der Waals surface area contributed by atoms with Crippen molar-refractivity contribution in [1.82, 2.24) is 0 Å². The first-order chi connectivity index (χ1) is 6.63. The Morgan fingerprint density at radius 3 is 2.36 bits per heavy atom. The molecule has 0 saturated carbocycles. The van der Waals surface area contributed by atoms with Crippen LogP contribution in [0.1, 0.15) is 19.4 Å². The second-order valence-corrected chi connectivity index (χ2v) is 4.07. The van der Waals surface area contributed by atoms with Crippen molar-refractivity contribution in [2.75, 3.05) is 6.54 Å². The van der Waals surface area contributed by atoms with Gasteiger partial charge in [-0.05, 0) is 23.6 Å². The molecule has 2 N–H and O–H groups in total. The third kappa shape index (κ3) is 3.17. The Hall–Kier alpha value is -0.790. The van der Waals surface area contributed by atoms with Crippen LogP contribution < -0.4 is 5.73 Å².